The number of sulfonamides is 1. The third-order valence-corrected chi connectivity index (χ3v) is 5.40. The number of aromatic amines is 1. The molecule has 0 amide bonds. The lowest BCUT2D eigenvalue weighted by molar-refractivity contribution is 0.558. The van der Waals surface area contributed by atoms with Gasteiger partial charge in [-0.1, -0.05) is 0 Å². The van der Waals surface area contributed by atoms with E-state index in [2.05, 4.69) is 14.9 Å². The number of nitrogens with two attached hydrogens (primary N) is 1. The first-order valence-electron chi connectivity index (χ1n) is 5.38. The quantitative estimate of drug-likeness (QED) is 0.716. The molecule has 1 aromatic heterocycles. The molecule has 2 rings (SSSR count). The van der Waals surface area contributed by atoms with Gasteiger partial charge in [-0.3, -0.25) is 5.10 Å². The van der Waals surface area contributed by atoms with Crippen LogP contribution < -0.4 is 10.5 Å². The summed E-state index contributed by atoms with van der Waals surface area (Å²) in [6.07, 6.45) is 0.866. The predicted octanol–water partition coefficient (Wildman–Crippen LogP) is -0.0394. The smallest absolute Gasteiger partial charge is 0.260 e. The molecule has 2 heterocycles. The van der Waals surface area contributed by atoms with E-state index >= 15 is 0 Å². The topological polar surface area (TPSA) is 101 Å². The van der Waals surface area contributed by atoms with Gasteiger partial charge in [-0.25, -0.2) is 13.1 Å². The molecule has 1 fully saturated rings. The van der Waals surface area contributed by atoms with Crippen LogP contribution in [0, 0.1) is 6.92 Å². The number of thioether (sulfide) groups is 1. The Balaban J connectivity index is 2.24. The van der Waals surface area contributed by atoms with Gasteiger partial charge in [0.2, 0.25) is 0 Å². The van der Waals surface area contributed by atoms with E-state index in [1.807, 2.05) is 0 Å². The first kappa shape index (κ1) is 12.9. The molecule has 0 bridgehead atoms. The molecule has 1 aliphatic rings. The van der Waals surface area contributed by atoms with Gasteiger partial charge in [0.1, 0.15) is 0 Å². The highest BCUT2D eigenvalue weighted by molar-refractivity contribution is 7.99. The highest BCUT2D eigenvalue weighted by Gasteiger charge is 2.27. The van der Waals surface area contributed by atoms with Crippen LogP contribution in [0.15, 0.2) is 5.03 Å². The van der Waals surface area contributed by atoms with E-state index in [4.69, 9.17) is 5.73 Å². The number of hydrogen-bond acceptors (Lipinski definition) is 5. The van der Waals surface area contributed by atoms with Crippen LogP contribution in [0.2, 0.25) is 0 Å². The van der Waals surface area contributed by atoms with Gasteiger partial charge in [-0.05, 0) is 19.1 Å². The fourth-order valence-electron chi connectivity index (χ4n) is 1.80. The molecule has 1 aliphatic heterocycles. The Bertz CT molecular complexity index is 491. The van der Waals surface area contributed by atoms with Crippen LogP contribution in [-0.2, 0) is 16.6 Å². The Morgan fingerprint density at radius 3 is 3.00 bits per heavy atom. The summed E-state index contributed by atoms with van der Waals surface area (Å²) >= 11 is 1.75. The molecular formula is C9H16N4O2S2. The van der Waals surface area contributed by atoms with Crippen molar-refractivity contribution in [1.29, 1.82) is 0 Å². The van der Waals surface area contributed by atoms with Crippen LogP contribution in [-0.4, -0.2) is 36.2 Å². The molecule has 1 atom stereocenters. The van der Waals surface area contributed by atoms with Crippen molar-refractivity contribution in [2.24, 2.45) is 5.73 Å². The zero-order chi connectivity index (χ0) is 12.5. The maximum Gasteiger partial charge on any atom is 0.260 e. The summed E-state index contributed by atoms with van der Waals surface area (Å²) in [5, 5.41) is 6.54. The Kier molecular flexibility index (Phi) is 3.76. The van der Waals surface area contributed by atoms with E-state index in [0.717, 1.165) is 17.9 Å². The standard InChI is InChI=1S/C9H16N4O2S2/c1-6-8(4-10)9(12-11-6)17(14,15)13-7-2-3-16-5-7/h7,13H,2-5,10H2,1H3,(H,11,12). The summed E-state index contributed by atoms with van der Waals surface area (Å²) in [4.78, 5) is 0. The molecule has 17 heavy (non-hydrogen) atoms. The Labute approximate surface area is 105 Å². The second-order valence-corrected chi connectivity index (χ2v) is 6.80. The highest BCUT2D eigenvalue weighted by Crippen LogP contribution is 2.21. The average molecular weight is 276 g/mol. The second kappa shape index (κ2) is 4.97. The molecule has 8 heteroatoms. The van der Waals surface area contributed by atoms with Gasteiger partial charge in [-0.2, -0.15) is 16.9 Å². The molecule has 6 nitrogen and oxygen atoms in total. The fraction of sp³-hybridized carbons (Fsp3) is 0.667. The Morgan fingerprint density at radius 2 is 2.41 bits per heavy atom. The van der Waals surface area contributed by atoms with Crippen molar-refractivity contribution < 1.29 is 8.42 Å². The molecule has 1 saturated heterocycles. The van der Waals surface area contributed by atoms with Crippen LogP contribution >= 0.6 is 11.8 Å². The third-order valence-electron chi connectivity index (χ3n) is 2.75. The summed E-state index contributed by atoms with van der Waals surface area (Å²) in [6.45, 7) is 1.93. The number of aromatic nitrogens is 2. The summed E-state index contributed by atoms with van der Waals surface area (Å²) in [6, 6.07) is 0.00707. The van der Waals surface area contributed by atoms with Crippen molar-refractivity contribution in [3.8, 4) is 0 Å². The molecule has 0 aromatic carbocycles. The zero-order valence-electron chi connectivity index (χ0n) is 9.56. The van der Waals surface area contributed by atoms with E-state index in [1.165, 1.54) is 0 Å². The van der Waals surface area contributed by atoms with Gasteiger partial charge in [0.05, 0.1) is 0 Å². The van der Waals surface area contributed by atoms with E-state index in [1.54, 1.807) is 18.7 Å². The number of H-pyrrole nitrogens is 1. The number of aryl methyl sites for hydroxylation is 1. The first-order chi connectivity index (χ1) is 8.04. The summed E-state index contributed by atoms with van der Waals surface area (Å²) in [7, 11) is -3.55. The van der Waals surface area contributed by atoms with Crippen molar-refractivity contribution in [3.05, 3.63) is 11.3 Å². The van der Waals surface area contributed by atoms with E-state index in [0.29, 0.717) is 11.3 Å². The van der Waals surface area contributed by atoms with Crippen LogP contribution in [0.5, 0.6) is 0 Å². The zero-order valence-corrected chi connectivity index (χ0v) is 11.2. The lowest BCUT2D eigenvalue weighted by Crippen LogP contribution is -2.35. The van der Waals surface area contributed by atoms with E-state index in [-0.39, 0.29) is 17.6 Å². The molecule has 0 radical (unpaired) electrons. The van der Waals surface area contributed by atoms with Gasteiger partial charge >= 0.3 is 0 Å². The molecule has 4 N–H and O–H groups in total. The molecule has 96 valence electrons. The predicted molar refractivity (Wildman–Crippen MR) is 67.3 cm³/mol. The van der Waals surface area contributed by atoms with Crippen molar-refractivity contribution >= 4 is 21.8 Å². The number of nitrogens with one attached hydrogen (secondary N) is 2. The van der Waals surface area contributed by atoms with Crippen molar-refractivity contribution in [3.63, 3.8) is 0 Å². The van der Waals surface area contributed by atoms with Crippen LogP contribution in [0.25, 0.3) is 0 Å². The van der Waals surface area contributed by atoms with Crippen molar-refractivity contribution in [2.45, 2.75) is 31.0 Å². The third kappa shape index (κ3) is 2.65. The SMILES string of the molecule is Cc1[nH]nc(S(=O)(=O)NC2CCSC2)c1CN. The van der Waals surface area contributed by atoms with Crippen molar-refractivity contribution in [2.75, 3.05) is 11.5 Å². The maximum absolute atomic E-state index is 12.1. The minimum atomic E-state index is -3.55. The Hall–Kier alpha value is -0.570. The molecule has 1 aromatic rings. The van der Waals surface area contributed by atoms with Crippen LogP contribution in [0.1, 0.15) is 17.7 Å². The van der Waals surface area contributed by atoms with Gasteiger partial charge in [0.25, 0.3) is 10.0 Å². The fourth-order valence-corrected chi connectivity index (χ4v) is 4.53. The summed E-state index contributed by atoms with van der Waals surface area (Å²) in [5.74, 6) is 1.82. The van der Waals surface area contributed by atoms with Crippen LogP contribution in [0.4, 0.5) is 0 Å². The molecule has 0 spiro atoms. The largest absolute Gasteiger partial charge is 0.326 e. The maximum atomic E-state index is 12.1. The van der Waals surface area contributed by atoms with Gasteiger partial charge in [0, 0.05) is 29.6 Å². The van der Waals surface area contributed by atoms with Gasteiger partial charge in [0.15, 0.2) is 5.03 Å². The molecule has 0 saturated carbocycles. The summed E-state index contributed by atoms with van der Waals surface area (Å²) in [5.41, 5.74) is 6.81. The number of hydrogen-bond donors (Lipinski definition) is 3. The monoisotopic (exact) mass is 276 g/mol. The summed E-state index contributed by atoms with van der Waals surface area (Å²) < 4.78 is 26.9. The highest BCUT2D eigenvalue weighted by atomic mass is 32.2. The normalized spacial score (nSPS) is 20.9. The lowest BCUT2D eigenvalue weighted by atomic mass is 10.3. The average Bonchev–Trinajstić information content (AvgIpc) is 2.86. The van der Waals surface area contributed by atoms with Gasteiger partial charge in [-0.15, -0.1) is 0 Å². The second-order valence-electron chi connectivity index (χ2n) is 4.02. The van der Waals surface area contributed by atoms with Gasteiger partial charge < -0.3 is 5.73 Å². The molecule has 0 aliphatic carbocycles. The lowest BCUT2D eigenvalue weighted by Gasteiger charge is -2.11. The van der Waals surface area contributed by atoms with E-state index < -0.39 is 10.0 Å². The molecular weight excluding hydrogens is 260 g/mol. The number of nitrogens with zero attached hydrogens (tertiary/aromatic N) is 1. The Morgan fingerprint density at radius 1 is 1.65 bits per heavy atom. The molecule has 1 unspecified atom stereocenters. The number of rotatable bonds is 4. The van der Waals surface area contributed by atoms with E-state index in [9.17, 15) is 8.42 Å². The minimum absolute atomic E-state index is 0.00707. The van der Waals surface area contributed by atoms with Crippen molar-refractivity contribution in [1.82, 2.24) is 14.9 Å². The van der Waals surface area contributed by atoms with Crippen LogP contribution in [0.3, 0.4) is 0 Å². The first-order valence-corrected chi connectivity index (χ1v) is 8.02. The minimum Gasteiger partial charge on any atom is -0.326 e.